The monoisotopic (exact) mass is 356 g/mol. The van der Waals surface area contributed by atoms with Crippen molar-refractivity contribution in [3.63, 3.8) is 0 Å². The van der Waals surface area contributed by atoms with E-state index in [9.17, 15) is 4.39 Å². The van der Waals surface area contributed by atoms with Gasteiger partial charge in [-0.05, 0) is 54.3 Å². The molecule has 0 aromatic heterocycles. The number of aryl methyl sites for hydroxylation is 1. The molecule has 0 bridgehead atoms. The number of benzene rings is 2. The van der Waals surface area contributed by atoms with Crippen LogP contribution in [-0.2, 0) is 6.42 Å². The fourth-order valence-electron chi connectivity index (χ4n) is 2.14. The Morgan fingerprint density at radius 1 is 1.30 bits per heavy atom. The predicted molar refractivity (Wildman–Crippen MR) is 84.1 cm³/mol. The van der Waals surface area contributed by atoms with Gasteiger partial charge < -0.3 is 0 Å². The molecule has 5 heteroatoms. The molecule has 0 spiro atoms. The number of nitrogens with one attached hydrogen (secondary N) is 1. The van der Waals surface area contributed by atoms with Crippen LogP contribution in [0.1, 0.15) is 22.7 Å². The molecule has 20 heavy (non-hydrogen) atoms. The third-order valence-corrected chi connectivity index (χ3v) is 3.88. The van der Waals surface area contributed by atoms with Gasteiger partial charge in [-0.1, -0.05) is 39.7 Å². The Morgan fingerprint density at radius 3 is 2.65 bits per heavy atom. The molecule has 0 aliphatic carbocycles. The van der Waals surface area contributed by atoms with Gasteiger partial charge in [-0.2, -0.15) is 0 Å². The topological polar surface area (TPSA) is 38.0 Å². The molecule has 0 heterocycles. The van der Waals surface area contributed by atoms with Crippen molar-refractivity contribution in [3.8, 4) is 0 Å². The van der Waals surface area contributed by atoms with Crippen molar-refractivity contribution < 1.29 is 4.39 Å². The van der Waals surface area contributed by atoms with Gasteiger partial charge in [0.25, 0.3) is 0 Å². The number of hydrazine groups is 1. The van der Waals surface area contributed by atoms with Crippen LogP contribution in [0.15, 0.2) is 40.9 Å². The first-order chi connectivity index (χ1) is 9.49. The summed E-state index contributed by atoms with van der Waals surface area (Å²) in [4.78, 5) is 0. The van der Waals surface area contributed by atoms with Crippen LogP contribution in [0.3, 0.4) is 0 Å². The molecule has 1 atom stereocenters. The second kappa shape index (κ2) is 6.68. The lowest BCUT2D eigenvalue weighted by molar-refractivity contribution is 0.548. The van der Waals surface area contributed by atoms with E-state index in [1.54, 1.807) is 0 Å². The quantitative estimate of drug-likeness (QED) is 0.632. The summed E-state index contributed by atoms with van der Waals surface area (Å²) < 4.78 is 14.1. The molecular weight excluding hydrogens is 343 g/mol. The van der Waals surface area contributed by atoms with E-state index in [-0.39, 0.29) is 11.9 Å². The van der Waals surface area contributed by atoms with Crippen molar-refractivity contribution in [1.29, 1.82) is 0 Å². The molecule has 2 rings (SSSR count). The number of rotatable bonds is 4. The van der Waals surface area contributed by atoms with Gasteiger partial charge in [0.1, 0.15) is 5.82 Å². The summed E-state index contributed by atoms with van der Waals surface area (Å²) in [6, 6.07) is 10.4. The third-order valence-electron chi connectivity index (χ3n) is 3.09. The summed E-state index contributed by atoms with van der Waals surface area (Å²) in [6.45, 7) is 1.98. The van der Waals surface area contributed by atoms with E-state index < -0.39 is 0 Å². The predicted octanol–water partition coefficient (Wildman–Crippen LogP) is 4.30. The van der Waals surface area contributed by atoms with E-state index in [2.05, 4.69) is 21.4 Å². The fourth-order valence-corrected chi connectivity index (χ4v) is 3.02. The molecule has 0 fully saturated rings. The molecule has 0 aliphatic heterocycles. The summed E-state index contributed by atoms with van der Waals surface area (Å²) in [7, 11) is 0. The Balaban J connectivity index is 2.28. The van der Waals surface area contributed by atoms with Gasteiger partial charge in [0.2, 0.25) is 0 Å². The minimum atomic E-state index is -0.278. The van der Waals surface area contributed by atoms with Crippen LogP contribution in [0, 0.1) is 12.7 Å². The van der Waals surface area contributed by atoms with E-state index in [4.69, 9.17) is 17.4 Å². The van der Waals surface area contributed by atoms with E-state index in [0.717, 1.165) is 16.7 Å². The van der Waals surface area contributed by atoms with Crippen LogP contribution >= 0.6 is 27.5 Å². The lowest BCUT2D eigenvalue weighted by Crippen LogP contribution is -2.29. The lowest BCUT2D eigenvalue weighted by Gasteiger charge is -2.18. The van der Waals surface area contributed by atoms with Crippen LogP contribution in [0.4, 0.5) is 4.39 Å². The smallest absolute Gasteiger partial charge is 0.124 e. The van der Waals surface area contributed by atoms with Crippen molar-refractivity contribution in [2.24, 2.45) is 5.84 Å². The Labute approximate surface area is 131 Å². The molecule has 2 nitrogen and oxygen atoms in total. The number of hydrogen-bond donors (Lipinski definition) is 2. The number of hydrogen-bond acceptors (Lipinski definition) is 2. The molecule has 1 unspecified atom stereocenters. The summed E-state index contributed by atoms with van der Waals surface area (Å²) in [5.74, 6) is 5.34. The maximum atomic E-state index is 13.4. The summed E-state index contributed by atoms with van der Waals surface area (Å²) in [5, 5.41) is 0.656. The minimum Gasteiger partial charge on any atom is -0.271 e. The maximum absolute atomic E-state index is 13.4. The van der Waals surface area contributed by atoms with Crippen LogP contribution in [0.25, 0.3) is 0 Å². The molecule has 0 saturated heterocycles. The van der Waals surface area contributed by atoms with Gasteiger partial charge >= 0.3 is 0 Å². The summed E-state index contributed by atoms with van der Waals surface area (Å²) in [6.07, 6.45) is 0.551. The van der Waals surface area contributed by atoms with Crippen LogP contribution < -0.4 is 11.3 Å². The van der Waals surface area contributed by atoms with Crippen LogP contribution in [0.5, 0.6) is 0 Å². The summed E-state index contributed by atoms with van der Waals surface area (Å²) >= 11 is 9.54. The van der Waals surface area contributed by atoms with E-state index >= 15 is 0 Å². The van der Waals surface area contributed by atoms with Gasteiger partial charge in [0.15, 0.2) is 0 Å². The molecule has 2 aromatic rings. The SMILES string of the molecule is Cc1ccc(C(Cc2cc(F)cc(Br)c2)NN)c(Cl)c1. The van der Waals surface area contributed by atoms with Gasteiger partial charge in [0.05, 0.1) is 6.04 Å². The molecule has 0 radical (unpaired) electrons. The maximum Gasteiger partial charge on any atom is 0.124 e. The average Bonchev–Trinajstić information content (AvgIpc) is 2.35. The van der Waals surface area contributed by atoms with Gasteiger partial charge in [-0.25, -0.2) is 4.39 Å². The number of nitrogens with two attached hydrogens (primary N) is 1. The van der Waals surface area contributed by atoms with Gasteiger partial charge in [0, 0.05) is 9.50 Å². The Morgan fingerprint density at radius 2 is 2.05 bits per heavy atom. The highest BCUT2D eigenvalue weighted by Crippen LogP contribution is 2.27. The highest BCUT2D eigenvalue weighted by atomic mass is 79.9. The minimum absolute atomic E-state index is 0.170. The molecule has 0 aliphatic rings. The molecule has 106 valence electrons. The van der Waals surface area contributed by atoms with Crippen molar-refractivity contribution >= 4 is 27.5 Å². The molecule has 0 amide bonds. The molecule has 0 saturated carbocycles. The highest BCUT2D eigenvalue weighted by Gasteiger charge is 2.15. The van der Waals surface area contributed by atoms with Crippen LogP contribution in [-0.4, -0.2) is 0 Å². The van der Waals surface area contributed by atoms with E-state index in [0.29, 0.717) is 15.9 Å². The van der Waals surface area contributed by atoms with Crippen LogP contribution in [0.2, 0.25) is 5.02 Å². The number of halogens is 3. The summed E-state index contributed by atoms with van der Waals surface area (Å²) in [5.41, 5.74) is 5.58. The van der Waals surface area contributed by atoms with E-state index in [1.165, 1.54) is 12.1 Å². The van der Waals surface area contributed by atoms with Crippen molar-refractivity contribution in [3.05, 3.63) is 68.4 Å². The third kappa shape index (κ3) is 3.79. The van der Waals surface area contributed by atoms with E-state index in [1.807, 2.05) is 31.2 Å². The standard InChI is InChI=1S/C15H15BrClFN2/c1-9-2-3-13(14(17)4-9)15(20-19)7-10-5-11(16)8-12(18)6-10/h2-6,8,15,20H,7,19H2,1H3. The Hall–Kier alpha value is -0.940. The highest BCUT2D eigenvalue weighted by molar-refractivity contribution is 9.10. The zero-order valence-corrected chi connectivity index (χ0v) is 13.3. The van der Waals surface area contributed by atoms with Crippen molar-refractivity contribution in [2.75, 3.05) is 0 Å². The second-order valence-electron chi connectivity index (χ2n) is 4.73. The zero-order valence-electron chi connectivity index (χ0n) is 11.0. The molecule has 3 N–H and O–H groups in total. The van der Waals surface area contributed by atoms with Crippen molar-refractivity contribution in [2.45, 2.75) is 19.4 Å². The van der Waals surface area contributed by atoms with Gasteiger partial charge in [-0.3, -0.25) is 11.3 Å². The Kier molecular flexibility index (Phi) is 5.16. The first-order valence-corrected chi connectivity index (χ1v) is 7.34. The van der Waals surface area contributed by atoms with Gasteiger partial charge in [-0.15, -0.1) is 0 Å². The molecular formula is C15H15BrClFN2. The zero-order chi connectivity index (χ0) is 14.7. The van der Waals surface area contributed by atoms with Crippen molar-refractivity contribution in [1.82, 2.24) is 5.43 Å². The lowest BCUT2D eigenvalue weighted by atomic mass is 9.98. The second-order valence-corrected chi connectivity index (χ2v) is 6.05. The fraction of sp³-hybridized carbons (Fsp3) is 0.200. The first-order valence-electron chi connectivity index (χ1n) is 6.16. The normalized spacial score (nSPS) is 12.4. The largest absolute Gasteiger partial charge is 0.271 e. The average molecular weight is 358 g/mol. The Bertz CT molecular complexity index is 599. The molecule has 2 aromatic carbocycles. The first kappa shape index (κ1) is 15.4.